The minimum Gasteiger partial charge on any atom is -0.260 e. The van der Waals surface area contributed by atoms with Crippen molar-refractivity contribution in [2.75, 3.05) is 0 Å². The molecule has 2 nitrogen and oxygen atoms in total. The average Bonchev–Trinajstić information content (AvgIpc) is 2.21. The Morgan fingerprint density at radius 3 is 2.71 bits per heavy atom. The summed E-state index contributed by atoms with van der Waals surface area (Å²) in [6.45, 7) is 4.00. The predicted octanol–water partition coefficient (Wildman–Crippen LogP) is 3.33. The maximum atomic E-state index is 9.01. The van der Waals surface area contributed by atoms with Gasteiger partial charge in [0.15, 0.2) is 0 Å². The number of nitriles is 1. The molecular formula is C11H13BrN2. The van der Waals surface area contributed by atoms with Crippen molar-refractivity contribution in [3.05, 3.63) is 28.5 Å². The van der Waals surface area contributed by atoms with Crippen LogP contribution >= 0.6 is 15.9 Å². The van der Waals surface area contributed by atoms with Gasteiger partial charge in [-0.25, -0.2) is 0 Å². The van der Waals surface area contributed by atoms with Crippen molar-refractivity contribution in [2.24, 2.45) is 5.41 Å². The van der Waals surface area contributed by atoms with Crippen molar-refractivity contribution in [1.82, 2.24) is 4.98 Å². The van der Waals surface area contributed by atoms with Crippen LogP contribution in [0.4, 0.5) is 0 Å². The molecule has 1 heterocycles. The van der Waals surface area contributed by atoms with Gasteiger partial charge in [0, 0.05) is 22.8 Å². The highest BCUT2D eigenvalue weighted by Crippen LogP contribution is 2.24. The molecule has 3 heteroatoms. The molecule has 1 aromatic rings. The van der Waals surface area contributed by atoms with Gasteiger partial charge in [-0.2, -0.15) is 5.26 Å². The summed E-state index contributed by atoms with van der Waals surface area (Å²) in [7, 11) is 0. The van der Waals surface area contributed by atoms with Crippen molar-refractivity contribution >= 4 is 15.9 Å². The highest BCUT2D eigenvalue weighted by molar-refractivity contribution is 9.10. The molecule has 0 saturated heterocycles. The Hall–Kier alpha value is -0.880. The van der Waals surface area contributed by atoms with E-state index in [2.05, 4.69) is 27.0 Å². The molecule has 0 N–H and O–H groups in total. The van der Waals surface area contributed by atoms with E-state index in [9.17, 15) is 0 Å². The van der Waals surface area contributed by atoms with E-state index in [0.29, 0.717) is 6.42 Å². The molecule has 0 amide bonds. The Bertz CT molecular complexity index is 339. The first-order valence-electron chi connectivity index (χ1n) is 4.61. The van der Waals surface area contributed by atoms with E-state index in [4.69, 9.17) is 5.26 Å². The first-order chi connectivity index (χ1) is 6.59. The third-order valence-corrected chi connectivity index (χ3v) is 2.88. The van der Waals surface area contributed by atoms with E-state index in [1.165, 1.54) is 0 Å². The summed E-state index contributed by atoms with van der Waals surface area (Å²) in [5.74, 6) is 0. The lowest BCUT2D eigenvalue weighted by molar-refractivity contribution is 0.418. The zero-order chi connectivity index (χ0) is 10.6. The first-order valence-corrected chi connectivity index (χ1v) is 5.40. The number of pyridine rings is 1. The zero-order valence-corrected chi connectivity index (χ0v) is 10.0. The predicted molar refractivity (Wildman–Crippen MR) is 59.7 cm³/mol. The molecule has 0 bridgehead atoms. The summed E-state index contributed by atoms with van der Waals surface area (Å²) in [5.41, 5.74) is 0.681. The molecule has 1 rings (SSSR count). The van der Waals surface area contributed by atoms with Crippen LogP contribution in [-0.2, 0) is 6.42 Å². The van der Waals surface area contributed by atoms with Gasteiger partial charge in [0.1, 0.15) is 0 Å². The molecule has 0 aromatic carbocycles. The van der Waals surface area contributed by atoms with E-state index in [0.717, 1.165) is 16.6 Å². The van der Waals surface area contributed by atoms with E-state index < -0.39 is 0 Å². The highest BCUT2D eigenvalue weighted by atomic mass is 79.9. The van der Waals surface area contributed by atoms with Crippen molar-refractivity contribution in [3.63, 3.8) is 0 Å². The number of halogens is 1. The number of aromatic nitrogens is 1. The molecule has 1 aromatic heterocycles. The summed E-state index contributed by atoms with van der Waals surface area (Å²) >= 11 is 3.33. The average molecular weight is 253 g/mol. The lowest BCUT2D eigenvalue weighted by Gasteiger charge is -2.18. The number of hydrogen-bond acceptors (Lipinski definition) is 2. The molecule has 0 radical (unpaired) electrons. The van der Waals surface area contributed by atoms with E-state index in [1.54, 1.807) is 6.20 Å². The second-order valence-corrected chi connectivity index (χ2v) is 4.59. The van der Waals surface area contributed by atoms with Crippen LogP contribution in [0.5, 0.6) is 0 Å². The lowest BCUT2D eigenvalue weighted by Crippen LogP contribution is -2.16. The molecule has 0 aliphatic heterocycles. The van der Waals surface area contributed by atoms with Crippen LogP contribution in [0, 0.1) is 16.7 Å². The second-order valence-electron chi connectivity index (χ2n) is 3.67. The van der Waals surface area contributed by atoms with Gasteiger partial charge >= 0.3 is 0 Å². The van der Waals surface area contributed by atoms with Crippen molar-refractivity contribution in [2.45, 2.75) is 26.7 Å². The third kappa shape index (κ3) is 2.81. The molecule has 1 unspecified atom stereocenters. The van der Waals surface area contributed by atoms with Crippen molar-refractivity contribution in [3.8, 4) is 6.07 Å². The van der Waals surface area contributed by atoms with Gasteiger partial charge in [-0.05, 0) is 41.4 Å². The van der Waals surface area contributed by atoms with Gasteiger partial charge in [-0.3, -0.25) is 4.98 Å². The van der Waals surface area contributed by atoms with E-state index in [1.807, 2.05) is 26.0 Å². The maximum absolute atomic E-state index is 9.01. The monoisotopic (exact) mass is 252 g/mol. The lowest BCUT2D eigenvalue weighted by atomic mass is 9.84. The van der Waals surface area contributed by atoms with Gasteiger partial charge < -0.3 is 0 Å². The normalized spacial score (nSPS) is 14.4. The third-order valence-electron chi connectivity index (χ3n) is 2.41. The topological polar surface area (TPSA) is 36.7 Å². The highest BCUT2D eigenvalue weighted by Gasteiger charge is 2.22. The Labute approximate surface area is 93.1 Å². The van der Waals surface area contributed by atoms with Crippen LogP contribution in [0.25, 0.3) is 0 Å². The van der Waals surface area contributed by atoms with Crippen LogP contribution in [0.3, 0.4) is 0 Å². The molecule has 74 valence electrons. The number of hydrogen-bond donors (Lipinski definition) is 0. The summed E-state index contributed by atoms with van der Waals surface area (Å²) in [6.07, 6.45) is 3.33. The fourth-order valence-electron chi connectivity index (χ4n) is 1.15. The van der Waals surface area contributed by atoms with Crippen LogP contribution in [0.15, 0.2) is 22.8 Å². The van der Waals surface area contributed by atoms with Crippen molar-refractivity contribution < 1.29 is 0 Å². The van der Waals surface area contributed by atoms with Crippen molar-refractivity contribution in [1.29, 1.82) is 5.26 Å². The van der Waals surface area contributed by atoms with E-state index >= 15 is 0 Å². The fraction of sp³-hybridized carbons (Fsp3) is 0.455. The minimum atomic E-state index is -0.291. The molecule has 0 fully saturated rings. The molecule has 0 spiro atoms. The van der Waals surface area contributed by atoms with Gasteiger partial charge in [0.2, 0.25) is 0 Å². The maximum Gasteiger partial charge on any atom is 0.0690 e. The van der Waals surface area contributed by atoms with Gasteiger partial charge in [-0.15, -0.1) is 0 Å². The van der Waals surface area contributed by atoms with Crippen LogP contribution in [0.1, 0.15) is 26.0 Å². The SMILES string of the molecule is CCC(C)(C#N)Cc1ccc(Br)cn1. The van der Waals surface area contributed by atoms with Crippen LogP contribution in [0.2, 0.25) is 0 Å². The molecule has 14 heavy (non-hydrogen) atoms. The summed E-state index contributed by atoms with van der Waals surface area (Å²) in [5, 5.41) is 9.01. The molecule has 0 aliphatic rings. The second kappa shape index (κ2) is 4.56. The smallest absolute Gasteiger partial charge is 0.0690 e. The molecule has 1 atom stereocenters. The summed E-state index contributed by atoms with van der Waals surface area (Å²) in [4.78, 5) is 4.26. The van der Waals surface area contributed by atoms with Gasteiger partial charge in [0.25, 0.3) is 0 Å². The Morgan fingerprint density at radius 2 is 2.29 bits per heavy atom. The number of rotatable bonds is 3. The molecule has 0 aliphatic carbocycles. The Kier molecular flexibility index (Phi) is 3.65. The number of nitrogens with zero attached hydrogens (tertiary/aromatic N) is 2. The Morgan fingerprint density at radius 1 is 1.57 bits per heavy atom. The van der Waals surface area contributed by atoms with Gasteiger partial charge in [-0.1, -0.05) is 6.92 Å². The summed E-state index contributed by atoms with van der Waals surface area (Å²) < 4.78 is 0.969. The fourth-order valence-corrected chi connectivity index (χ4v) is 1.39. The summed E-state index contributed by atoms with van der Waals surface area (Å²) in [6, 6.07) is 6.25. The molecule has 0 saturated carbocycles. The quantitative estimate of drug-likeness (QED) is 0.828. The van der Waals surface area contributed by atoms with E-state index in [-0.39, 0.29) is 5.41 Å². The largest absolute Gasteiger partial charge is 0.260 e. The van der Waals surface area contributed by atoms with Crippen LogP contribution in [-0.4, -0.2) is 4.98 Å². The van der Waals surface area contributed by atoms with Crippen LogP contribution < -0.4 is 0 Å². The Balaban J connectivity index is 2.79. The minimum absolute atomic E-state index is 0.291. The molecular weight excluding hydrogens is 240 g/mol. The standard InChI is InChI=1S/C11H13BrN2/c1-3-11(2,8-13)6-10-5-4-9(12)7-14-10/h4-5,7H,3,6H2,1-2H3. The zero-order valence-electron chi connectivity index (χ0n) is 8.42. The first kappa shape index (κ1) is 11.2. The van der Waals surface area contributed by atoms with Gasteiger partial charge in [0.05, 0.1) is 11.5 Å².